The molecule has 0 bridgehead atoms. The van der Waals surface area contributed by atoms with Crippen LogP contribution in [0.15, 0.2) is 66.0 Å². The molecule has 4 rings (SSSR count). The van der Waals surface area contributed by atoms with Gasteiger partial charge in [0.2, 0.25) is 0 Å². The average Bonchev–Trinajstić information content (AvgIpc) is 3.27. The first kappa shape index (κ1) is 19.0. The molecule has 2 aromatic carbocycles. The van der Waals surface area contributed by atoms with Crippen molar-refractivity contribution in [1.82, 2.24) is 0 Å². The van der Waals surface area contributed by atoms with Gasteiger partial charge in [0.15, 0.2) is 6.10 Å². The molecule has 0 radical (unpaired) electrons. The van der Waals surface area contributed by atoms with Crippen molar-refractivity contribution in [3.63, 3.8) is 0 Å². The van der Waals surface area contributed by atoms with E-state index in [4.69, 9.17) is 9.47 Å². The van der Waals surface area contributed by atoms with Gasteiger partial charge in [-0.3, -0.25) is 9.59 Å². The highest BCUT2D eigenvalue weighted by molar-refractivity contribution is 7.12. The van der Waals surface area contributed by atoms with E-state index in [2.05, 4.69) is 5.32 Å². The van der Waals surface area contributed by atoms with E-state index in [1.54, 1.807) is 36.1 Å². The fourth-order valence-electron chi connectivity index (χ4n) is 3.09. The minimum atomic E-state index is -0.609. The predicted octanol–water partition coefficient (Wildman–Crippen LogP) is 4.19. The number of para-hydroxylation sites is 1. The monoisotopic (exact) mass is 408 g/mol. The number of rotatable bonds is 6. The summed E-state index contributed by atoms with van der Waals surface area (Å²) in [5.41, 5.74) is 1.28. The van der Waals surface area contributed by atoms with Gasteiger partial charge in [0, 0.05) is 11.8 Å². The Hall–Kier alpha value is -3.32. The zero-order chi connectivity index (χ0) is 20.2. The van der Waals surface area contributed by atoms with Gasteiger partial charge in [-0.05, 0) is 42.6 Å². The van der Waals surface area contributed by atoms with E-state index in [1.807, 2.05) is 41.8 Å². The van der Waals surface area contributed by atoms with Gasteiger partial charge < -0.3 is 19.7 Å². The molecule has 2 amide bonds. The Balaban J connectivity index is 1.48. The van der Waals surface area contributed by atoms with Crippen molar-refractivity contribution in [3.05, 3.63) is 70.9 Å². The van der Waals surface area contributed by atoms with Crippen molar-refractivity contribution in [2.24, 2.45) is 0 Å². The van der Waals surface area contributed by atoms with Gasteiger partial charge in [-0.25, -0.2) is 0 Å². The Kier molecular flexibility index (Phi) is 5.48. The van der Waals surface area contributed by atoms with Crippen molar-refractivity contribution in [3.8, 4) is 11.5 Å². The molecule has 0 saturated carbocycles. The zero-order valence-electron chi connectivity index (χ0n) is 15.8. The summed E-state index contributed by atoms with van der Waals surface area (Å²) >= 11 is 1.38. The van der Waals surface area contributed by atoms with Gasteiger partial charge >= 0.3 is 0 Å². The molecule has 1 aliphatic rings. The number of benzene rings is 2. The third kappa shape index (κ3) is 4.25. The number of ether oxygens (including phenoxy) is 2. The number of nitrogens with zero attached hydrogens (tertiary/aromatic N) is 1. The van der Waals surface area contributed by atoms with Crippen LogP contribution >= 0.6 is 11.3 Å². The minimum absolute atomic E-state index is 0.121. The average molecular weight is 408 g/mol. The van der Waals surface area contributed by atoms with Gasteiger partial charge in [0.05, 0.1) is 17.1 Å². The first-order chi connectivity index (χ1) is 14.1. The number of amides is 2. The lowest BCUT2D eigenvalue weighted by atomic mass is 10.1. The number of carbonyl (C=O) groups is 2. The van der Waals surface area contributed by atoms with Crippen LogP contribution in [0, 0.1) is 0 Å². The highest BCUT2D eigenvalue weighted by Crippen LogP contribution is 2.36. The maximum atomic E-state index is 12.6. The van der Waals surface area contributed by atoms with Crippen LogP contribution in [0.4, 0.5) is 11.4 Å². The van der Waals surface area contributed by atoms with E-state index in [0.29, 0.717) is 35.2 Å². The van der Waals surface area contributed by atoms with Crippen LogP contribution in [-0.4, -0.2) is 31.1 Å². The van der Waals surface area contributed by atoms with Crippen LogP contribution in [-0.2, 0) is 4.79 Å². The van der Waals surface area contributed by atoms with E-state index in [-0.39, 0.29) is 11.8 Å². The molecule has 1 aliphatic heterocycles. The molecule has 7 heteroatoms. The third-order valence-corrected chi connectivity index (χ3v) is 5.37. The second-order valence-electron chi connectivity index (χ2n) is 6.53. The molecule has 0 saturated heterocycles. The SMILES string of the molecule is CC1Oc2cc(NC(=O)c3cccs3)ccc2N(CCOc2ccccc2)C1=O. The molecule has 0 fully saturated rings. The first-order valence-corrected chi connectivity index (χ1v) is 10.1. The number of anilines is 2. The van der Waals surface area contributed by atoms with E-state index in [1.165, 1.54) is 11.3 Å². The number of carbonyl (C=O) groups excluding carboxylic acids is 2. The highest BCUT2D eigenvalue weighted by atomic mass is 32.1. The Bertz CT molecular complexity index is 1000. The molecule has 0 spiro atoms. The molecular weight excluding hydrogens is 388 g/mol. The number of fused-ring (bicyclic) bond motifs is 1. The van der Waals surface area contributed by atoms with Crippen LogP contribution < -0.4 is 19.7 Å². The molecule has 1 aromatic heterocycles. The number of nitrogens with one attached hydrogen (secondary N) is 1. The molecule has 2 heterocycles. The Morgan fingerprint density at radius 3 is 2.76 bits per heavy atom. The second kappa shape index (κ2) is 8.36. The van der Waals surface area contributed by atoms with E-state index < -0.39 is 6.10 Å². The molecule has 29 heavy (non-hydrogen) atoms. The van der Waals surface area contributed by atoms with Gasteiger partial charge in [-0.2, -0.15) is 0 Å². The summed E-state index contributed by atoms with van der Waals surface area (Å²) in [6, 6.07) is 18.4. The summed E-state index contributed by atoms with van der Waals surface area (Å²) < 4.78 is 11.5. The zero-order valence-corrected chi connectivity index (χ0v) is 16.6. The Morgan fingerprint density at radius 1 is 1.17 bits per heavy atom. The maximum Gasteiger partial charge on any atom is 0.267 e. The largest absolute Gasteiger partial charge is 0.492 e. The predicted molar refractivity (Wildman–Crippen MR) is 113 cm³/mol. The van der Waals surface area contributed by atoms with Crippen LogP contribution in [0.2, 0.25) is 0 Å². The van der Waals surface area contributed by atoms with Crippen molar-refractivity contribution in [2.45, 2.75) is 13.0 Å². The van der Waals surface area contributed by atoms with Crippen LogP contribution in [0.1, 0.15) is 16.6 Å². The summed E-state index contributed by atoms with van der Waals surface area (Å²) in [5.74, 6) is 1.02. The van der Waals surface area contributed by atoms with Gasteiger partial charge in [0.1, 0.15) is 18.1 Å². The molecule has 1 unspecified atom stereocenters. The molecule has 1 atom stereocenters. The molecule has 0 aliphatic carbocycles. The Labute approximate surface area is 172 Å². The topological polar surface area (TPSA) is 67.9 Å². The number of hydrogen-bond acceptors (Lipinski definition) is 5. The van der Waals surface area contributed by atoms with Gasteiger partial charge in [-0.1, -0.05) is 24.3 Å². The fourth-order valence-corrected chi connectivity index (χ4v) is 3.71. The summed E-state index contributed by atoms with van der Waals surface area (Å²) in [6.07, 6.45) is -0.609. The minimum Gasteiger partial charge on any atom is -0.492 e. The normalized spacial score (nSPS) is 15.4. The quantitative estimate of drug-likeness (QED) is 0.664. The molecule has 6 nitrogen and oxygen atoms in total. The lowest BCUT2D eigenvalue weighted by Crippen LogP contribution is -2.46. The van der Waals surface area contributed by atoms with Crippen LogP contribution in [0.5, 0.6) is 11.5 Å². The van der Waals surface area contributed by atoms with E-state index in [9.17, 15) is 9.59 Å². The molecule has 1 N–H and O–H groups in total. The van der Waals surface area contributed by atoms with Crippen LogP contribution in [0.25, 0.3) is 0 Å². The first-order valence-electron chi connectivity index (χ1n) is 9.26. The summed E-state index contributed by atoms with van der Waals surface area (Å²) in [6.45, 7) is 2.47. The van der Waals surface area contributed by atoms with Crippen LogP contribution in [0.3, 0.4) is 0 Å². The van der Waals surface area contributed by atoms with Gasteiger partial charge in [-0.15, -0.1) is 11.3 Å². The smallest absolute Gasteiger partial charge is 0.267 e. The van der Waals surface area contributed by atoms with Crippen molar-refractivity contribution in [1.29, 1.82) is 0 Å². The van der Waals surface area contributed by atoms with Crippen molar-refractivity contribution >= 4 is 34.5 Å². The summed E-state index contributed by atoms with van der Waals surface area (Å²) in [4.78, 5) is 27.2. The van der Waals surface area contributed by atoms with Crippen molar-refractivity contribution in [2.75, 3.05) is 23.4 Å². The summed E-state index contributed by atoms with van der Waals surface area (Å²) in [7, 11) is 0. The highest BCUT2D eigenvalue weighted by Gasteiger charge is 2.31. The van der Waals surface area contributed by atoms with E-state index in [0.717, 1.165) is 5.75 Å². The van der Waals surface area contributed by atoms with Gasteiger partial charge in [0.25, 0.3) is 11.8 Å². The molecule has 148 valence electrons. The third-order valence-electron chi connectivity index (χ3n) is 4.50. The number of hydrogen-bond donors (Lipinski definition) is 1. The summed E-state index contributed by atoms with van der Waals surface area (Å²) in [5, 5.41) is 4.72. The fraction of sp³-hybridized carbons (Fsp3) is 0.182. The molecular formula is C22H20N2O4S. The van der Waals surface area contributed by atoms with E-state index >= 15 is 0 Å². The maximum absolute atomic E-state index is 12.6. The number of thiophene rings is 1. The van der Waals surface area contributed by atoms with Crippen molar-refractivity contribution < 1.29 is 19.1 Å². The lowest BCUT2D eigenvalue weighted by Gasteiger charge is -2.33. The standard InChI is InChI=1S/C22H20N2O4S/c1-15-22(26)24(11-12-27-17-6-3-2-4-7-17)18-10-9-16(14-19(18)28-15)23-21(25)20-8-5-13-29-20/h2-10,13-15H,11-12H2,1H3,(H,23,25). The Morgan fingerprint density at radius 2 is 2.00 bits per heavy atom. The molecule has 3 aromatic rings. The lowest BCUT2D eigenvalue weighted by molar-refractivity contribution is -0.125. The second-order valence-corrected chi connectivity index (χ2v) is 7.47.